The van der Waals surface area contributed by atoms with E-state index < -0.39 is 11.4 Å². The van der Waals surface area contributed by atoms with Gasteiger partial charge in [-0.3, -0.25) is 9.59 Å². The van der Waals surface area contributed by atoms with Crippen LogP contribution in [0.15, 0.2) is 0 Å². The Labute approximate surface area is 83.5 Å². The normalized spacial score (nSPS) is 45.0. The smallest absolute Gasteiger partial charge is 0.307 e. The Morgan fingerprint density at radius 3 is 2.57 bits per heavy atom. The quantitative estimate of drug-likeness (QED) is 0.747. The third-order valence-corrected chi connectivity index (χ3v) is 4.22. The van der Waals surface area contributed by atoms with E-state index in [2.05, 4.69) is 0 Å². The lowest BCUT2D eigenvalue weighted by molar-refractivity contribution is -0.142. The maximum Gasteiger partial charge on any atom is 0.307 e. The number of carbonyl (C=O) groups is 2. The number of hydrogen-bond donors (Lipinski definition) is 1. The van der Waals surface area contributed by atoms with E-state index in [-0.39, 0.29) is 23.5 Å². The number of carboxylic acids is 1. The van der Waals surface area contributed by atoms with E-state index in [1.54, 1.807) is 0 Å². The molecule has 2 aliphatic rings. The number of aliphatic carboxylic acids is 1. The SMILES string of the molecule is CCC1CC2C(C(=O)O)C2(CC)C1=O. The zero-order valence-electron chi connectivity index (χ0n) is 8.62. The van der Waals surface area contributed by atoms with Gasteiger partial charge in [0.2, 0.25) is 0 Å². The van der Waals surface area contributed by atoms with Crippen LogP contribution in [0, 0.1) is 23.2 Å². The highest BCUT2D eigenvalue weighted by Gasteiger charge is 2.75. The van der Waals surface area contributed by atoms with E-state index in [0.29, 0.717) is 6.42 Å². The molecular formula is C11H16O3. The molecule has 2 aliphatic carbocycles. The molecule has 0 aromatic heterocycles. The van der Waals surface area contributed by atoms with E-state index in [1.165, 1.54) is 0 Å². The van der Waals surface area contributed by atoms with Crippen molar-refractivity contribution < 1.29 is 14.7 Å². The Bertz CT molecular complexity index is 297. The summed E-state index contributed by atoms with van der Waals surface area (Å²) in [6.45, 7) is 3.94. The lowest BCUT2D eigenvalue weighted by atomic mass is 9.88. The van der Waals surface area contributed by atoms with Gasteiger partial charge in [-0.05, 0) is 25.2 Å². The van der Waals surface area contributed by atoms with Gasteiger partial charge in [-0.1, -0.05) is 13.8 Å². The molecule has 78 valence electrons. The second-order valence-electron chi connectivity index (χ2n) is 4.52. The van der Waals surface area contributed by atoms with Crippen LogP contribution < -0.4 is 0 Å². The number of carboxylic acid groups (broad SMARTS) is 1. The molecule has 2 saturated carbocycles. The largest absolute Gasteiger partial charge is 0.481 e. The van der Waals surface area contributed by atoms with Crippen molar-refractivity contribution in [3.63, 3.8) is 0 Å². The van der Waals surface area contributed by atoms with Crippen LogP contribution in [-0.4, -0.2) is 16.9 Å². The molecule has 4 unspecified atom stereocenters. The Morgan fingerprint density at radius 1 is 1.57 bits per heavy atom. The first-order valence-corrected chi connectivity index (χ1v) is 5.36. The topological polar surface area (TPSA) is 54.4 Å². The maximum atomic E-state index is 12.0. The molecule has 4 atom stereocenters. The lowest BCUT2D eigenvalue weighted by Gasteiger charge is -2.14. The number of ketones is 1. The summed E-state index contributed by atoms with van der Waals surface area (Å²) in [5, 5.41) is 8.98. The Kier molecular flexibility index (Phi) is 1.95. The summed E-state index contributed by atoms with van der Waals surface area (Å²) in [6, 6.07) is 0. The van der Waals surface area contributed by atoms with Crippen molar-refractivity contribution in [2.24, 2.45) is 23.2 Å². The predicted octanol–water partition coefficient (Wildman–Crippen LogP) is 1.71. The summed E-state index contributed by atoms with van der Waals surface area (Å²) < 4.78 is 0. The third kappa shape index (κ3) is 0.877. The summed E-state index contributed by atoms with van der Waals surface area (Å²) in [6.07, 6.45) is 2.37. The van der Waals surface area contributed by atoms with Crippen molar-refractivity contribution in [1.82, 2.24) is 0 Å². The predicted molar refractivity (Wildman–Crippen MR) is 50.7 cm³/mol. The van der Waals surface area contributed by atoms with Crippen LogP contribution >= 0.6 is 0 Å². The van der Waals surface area contributed by atoms with Gasteiger partial charge in [0.05, 0.1) is 5.92 Å². The number of carbonyl (C=O) groups excluding carboxylic acids is 1. The molecule has 0 aliphatic heterocycles. The van der Waals surface area contributed by atoms with Gasteiger partial charge < -0.3 is 5.11 Å². The van der Waals surface area contributed by atoms with Crippen LogP contribution in [-0.2, 0) is 9.59 Å². The first-order chi connectivity index (χ1) is 6.59. The van der Waals surface area contributed by atoms with Gasteiger partial charge in [-0.15, -0.1) is 0 Å². The van der Waals surface area contributed by atoms with Crippen LogP contribution in [0.4, 0.5) is 0 Å². The molecule has 3 heteroatoms. The van der Waals surface area contributed by atoms with E-state index in [1.807, 2.05) is 13.8 Å². The highest BCUT2D eigenvalue weighted by atomic mass is 16.4. The van der Waals surface area contributed by atoms with Crippen LogP contribution in [0.25, 0.3) is 0 Å². The van der Waals surface area contributed by atoms with Crippen molar-refractivity contribution in [3.8, 4) is 0 Å². The molecular weight excluding hydrogens is 180 g/mol. The minimum absolute atomic E-state index is 0.135. The summed E-state index contributed by atoms with van der Waals surface area (Å²) >= 11 is 0. The average molecular weight is 196 g/mol. The van der Waals surface area contributed by atoms with Crippen molar-refractivity contribution in [2.45, 2.75) is 33.1 Å². The van der Waals surface area contributed by atoms with E-state index in [0.717, 1.165) is 12.8 Å². The van der Waals surface area contributed by atoms with Gasteiger partial charge in [-0.2, -0.15) is 0 Å². The van der Waals surface area contributed by atoms with Crippen LogP contribution in [0.1, 0.15) is 33.1 Å². The lowest BCUT2D eigenvalue weighted by Crippen LogP contribution is -2.24. The zero-order chi connectivity index (χ0) is 10.5. The van der Waals surface area contributed by atoms with Gasteiger partial charge >= 0.3 is 5.97 Å². The average Bonchev–Trinajstić information content (AvgIpc) is 2.74. The molecule has 0 heterocycles. The van der Waals surface area contributed by atoms with Crippen molar-refractivity contribution in [3.05, 3.63) is 0 Å². The first kappa shape index (κ1) is 9.69. The van der Waals surface area contributed by atoms with E-state index in [9.17, 15) is 9.59 Å². The maximum absolute atomic E-state index is 12.0. The highest BCUT2D eigenvalue weighted by Crippen LogP contribution is 2.69. The summed E-state index contributed by atoms with van der Waals surface area (Å²) in [5.74, 6) is -0.652. The Morgan fingerprint density at radius 2 is 2.21 bits per heavy atom. The number of rotatable bonds is 3. The number of fused-ring (bicyclic) bond motifs is 1. The van der Waals surface area contributed by atoms with Crippen molar-refractivity contribution >= 4 is 11.8 Å². The fraction of sp³-hybridized carbons (Fsp3) is 0.818. The van der Waals surface area contributed by atoms with E-state index >= 15 is 0 Å². The Hall–Kier alpha value is -0.860. The molecule has 2 rings (SSSR count). The number of hydrogen-bond acceptors (Lipinski definition) is 2. The Balaban J connectivity index is 2.24. The fourth-order valence-electron chi connectivity index (χ4n) is 3.40. The van der Waals surface area contributed by atoms with Gasteiger partial charge in [0.25, 0.3) is 0 Å². The van der Waals surface area contributed by atoms with Crippen LogP contribution in [0.2, 0.25) is 0 Å². The summed E-state index contributed by atoms with van der Waals surface area (Å²) in [4.78, 5) is 22.9. The van der Waals surface area contributed by atoms with Gasteiger partial charge in [-0.25, -0.2) is 0 Å². The van der Waals surface area contributed by atoms with E-state index in [4.69, 9.17) is 5.11 Å². The van der Waals surface area contributed by atoms with Crippen molar-refractivity contribution in [1.29, 1.82) is 0 Å². The number of Topliss-reactive ketones (excluding diaryl/α,β-unsaturated/α-hetero) is 1. The third-order valence-electron chi connectivity index (χ3n) is 4.22. The van der Waals surface area contributed by atoms with Crippen LogP contribution in [0.3, 0.4) is 0 Å². The molecule has 0 amide bonds. The van der Waals surface area contributed by atoms with Gasteiger partial charge in [0.15, 0.2) is 0 Å². The molecule has 0 bridgehead atoms. The standard InChI is InChI=1S/C11H16O3/c1-3-6-5-7-8(10(13)14)11(7,4-2)9(6)12/h6-8H,3-5H2,1-2H3,(H,13,14). The molecule has 1 N–H and O–H groups in total. The molecule has 0 aromatic rings. The monoisotopic (exact) mass is 196 g/mol. The van der Waals surface area contributed by atoms with Crippen molar-refractivity contribution in [2.75, 3.05) is 0 Å². The fourth-order valence-corrected chi connectivity index (χ4v) is 3.40. The second-order valence-corrected chi connectivity index (χ2v) is 4.52. The minimum Gasteiger partial charge on any atom is -0.481 e. The van der Waals surface area contributed by atoms with Crippen LogP contribution in [0.5, 0.6) is 0 Å². The highest BCUT2D eigenvalue weighted by molar-refractivity contribution is 5.99. The molecule has 0 saturated heterocycles. The second kappa shape index (κ2) is 2.81. The molecule has 0 spiro atoms. The molecule has 0 radical (unpaired) electrons. The summed E-state index contributed by atoms with van der Waals surface area (Å²) in [5.41, 5.74) is -0.466. The van der Waals surface area contributed by atoms with Gasteiger partial charge in [0, 0.05) is 11.3 Å². The molecule has 2 fully saturated rings. The van der Waals surface area contributed by atoms with Gasteiger partial charge in [0.1, 0.15) is 5.78 Å². The minimum atomic E-state index is -0.778. The molecule has 0 aromatic carbocycles. The zero-order valence-corrected chi connectivity index (χ0v) is 8.62. The summed E-state index contributed by atoms with van der Waals surface area (Å²) in [7, 11) is 0. The first-order valence-electron chi connectivity index (χ1n) is 5.36. The molecule has 14 heavy (non-hydrogen) atoms. The molecule has 3 nitrogen and oxygen atoms in total.